The van der Waals surface area contributed by atoms with Gasteiger partial charge in [-0.15, -0.1) is 11.3 Å². The summed E-state index contributed by atoms with van der Waals surface area (Å²) in [6.07, 6.45) is 3.93. The van der Waals surface area contributed by atoms with Gasteiger partial charge in [0.25, 0.3) is 0 Å². The molecule has 104 valence electrons. The number of thiazole rings is 1. The minimum Gasteiger partial charge on any atom is -0.381 e. The summed E-state index contributed by atoms with van der Waals surface area (Å²) < 4.78 is 28.2. The molecule has 2 heterocycles. The number of aryl methyl sites for hydroxylation is 1. The first-order chi connectivity index (χ1) is 9.03. The highest BCUT2D eigenvalue weighted by molar-refractivity contribution is 7.89. The number of aromatic nitrogens is 3. The minimum atomic E-state index is -3.66. The van der Waals surface area contributed by atoms with E-state index in [-0.39, 0.29) is 17.3 Å². The van der Waals surface area contributed by atoms with Gasteiger partial charge in [0.1, 0.15) is 9.90 Å². The fraction of sp³-hybridized carbons (Fsp3) is 0.400. The van der Waals surface area contributed by atoms with Crippen LogP contribution in [0.2, 0.25) is 0 Å². The van der Waals surface area contributed by atoms with Crippen molar-refractivity contribution in [3.63, 3.8) is 0 Å². The summed E-state index contributed by atoms with van der Waals surface area (Å²) in [5.74, 6) is 0.0140. The lowest BCUT2D eigenvalue weighted by molar-refractivity contribution is 0.579. The van der Waals surface area contributed by atoms with Crippen LogP contribution in [0.4, 0.5) is 5.82 Å². The van der Waals surface area contributed by atoms with Crippen LogP contribution in [0, 0.1) is 0 Å². The van der Waals surface area contributed by atoms with Crippen LogP contribution in [0.3, 0.4) is 0 Å². The van der Waals surface area contributed by atoms with Crippen molar-refractivity contribution in [2.45, 2.75) is 31.3 Å². The number of anilines is 1. The van der Waals surface area contributed by atoms with Crippen molar-refractivity contribution < 1.29 is 8.42 Å². The normalized spacial score (nSPS) is 11.8. The number of nitrogen functional groups attached to an aromatic ring is 1. The number of nitrogens with one attached hydrogen (secondary N) is 1. The van der Waals surface area contributed by atoms with E-state index in [1.807, 2.05) is 6.92 Å². The highest BCUT2D eigenvalue weighted by Crippen LogP contribution is 2.17. The molecule has 0 bridgehead atoms. The molecule has 0 spiro atoms. The van der Waals surface area contributed by atoms with E-state index >= 15 is 0 Å². The molecule has 7 nitrogen and oxygen atoms in total. The molecule has 0 fully saturated rings. The average molecular weight is 301 g/mol. The van der Waals surface area contributed by atoms with Crippen molar-refractivity contribution >= 4 is 27.2 Å². The van der Waals surface area contributed by atoms with Gasteiger partial charge in [-0.25, -0.2) is 18.1 Å². The molecule has 2 aromatic rings. The van der Waals surface area contributed by atoms with Gasteiger partial charge in [-0.1, -0.05) is 6.92 Å². The lowest BCUT2D eigenvalue weighted by Gasteiger charge is -2.02. The fourth-order valence-electron chi connectivity index (χ4n) is 1.54. The third-order valence-corrected chi connectivity index (χ3v) is 4.59. The predicted octanol–water partition coefficient (Wildman–Crippen LogP) is 0.810. The highest BCUT2D eigenvalue weighted by atomic mass is 32.2. The quantitative estimate of drug-likeness (QED) is 0.822. The van der Waals surface area contributed by atoms with Crippen LogP contribution in [0.25, 0.3) is 0 Å². The Morgan fingerprint density at radius 3 is 2.95 bits per heavy atom. The molecule has 0 aromatic carbocycles. The van der Waals surface area contributed by atoms with E-state index in [0.717, 1.165) is 6.42 Å². The van der Waals surface area contributed by atoms with Crippen molar-refractivity contribution in [3.05, 3.63) is 22.8 Å². The molecule has 9 heteroatoms. The first-order valence-corrected chi connectivity index (χ1v) is 8.10. The van der Waals surface area contributed by atoms with Crippen LogP contribution in [0.1, 0.15) is 18.4 Å². The van der Waals surface area contributed by atoms with Crippen molar-refractivity contribution in [1.82, 2.24) is 19.5 Å². The molecule has 0 amide bonds. The standard InChI is InChI=1S/C10H15N5O2S2/c1-2-4-15-7-8(10(11)14-15)19(16,17)13-6-9-12-3-5-18-9/h3,5,7,13H,2,4,6H2,1H3,(H2,11,14). The molecule has 0 radical (unpaired) electrons. The Morgan fingerprint density at radius 1 is 1.53 bits per heavy atom. The maximum absolute atomic E-state index is 12.1. The second-order valence-corrected chi connectivity index (χ2v) is 6.61. The average Bonchev–Trinajstić information content (AvgIpc) is 2.97. The van der Waals surface area contributed by atoms with E-state index in [4.69, 9.17) is 5.73 Å². The Morgan fingerprint density at radius 2 is 2.32 bits per heavy atom. The monoisotopic (exact) mass is 301 g/mol. The van der Waals surface area contributed by atoms with Crippen molar-refractivity contribution in [1.29, 1.82) is 0 Å². The summed E-state index contributed by atoms with van der Waals surface area (Å²) >= 11 is 1.39. The third kappa shape index (κ3) is 3.31. The van der Waals surface area contributed by atoms with Crippen LogP contribution in [-0.4, -0.2) is 23.2 Å². The zero-order valence-corrected chi connectivity index (χ0v) is 12.0. The van der Waals surface area contributed by atoms with Crippen LogP contribution in [-0.2, 0) is 23.1 Å². The Kier molecular flexibility index (Phi) is 4.17. The zero-order valence-electron chi connectivity index (χ0n) is 10.4. The molecule has 0 unspecified atom stereocenters. The minimum absolute atomic E-state index is 0.0116. The summed E-state index contributed by atoms with van der Waals surface area (Å²) in [4.78, 5) is 4.02. The molecular formula is C10H15N5O2S2. The predicted molar refractivity (Wildman–Crippen MR) is 73.1 cm³/mol. The van der Waals surface area contributed by atoms with Gasteiger partial charge in [0, 0.05) is 24.3 Å². The number of rotatable bonds is 6. The largest absolute Gasteiger partial charge is 0.381 e. The molecule has 3 N–H and O–H groups in total. The maximum atomic E-state index is 12.1. The van der Waals surface area contributed by atoms with E-state index in [2.05, 4.69) is 14.8 Å². The summed E-state index contributed by atoms with van der Waals surface area (Å²) in [6, 6.07) is 0. The Balaban J connectivity index is 2.14. The molecule has 0 saturated carbocycles. The topological polar surface area (TPSA) is 103 Å². The molecule has 0 atom stereocenters. The van der Waals surface area contributed by atoms with E-state index in [9.17, 15) is 8.42 Å². The molecule has 19 heavy (non-hydrogen) atoms. The molecule has 2 aromatic heterocycles. The summed E-state index contributed by atoms with van der Waals surface area (Å²) in [6.45, 7) is 2.76. The van der Waals surface area contributed by atoms with Gasteiger partial charge in [-0.05, 0) is 6.42 Å². The molecule has 0 aliphatic carbocycles. The Hall–Kier alpha value is -1.45. The molecule has 0 aliphatic rings. The number of hydrogen-bond donors (Lipinski definition) is 2. The lowest BCUT2D eigenvalue weighted by atomic mass is 10.5. The van der Waals surface area contributed by atoms with Gasteiger partial charge in [-0.3, -0.25) is 4.68 Å². The van der Waals surface area contributed by atoms with E-state index in [1.54, 1.807) is 11.6 Å². The summed E-state index contributed by atoms with van der Waals surface area (Å²) in [7, 11) is -3.66. The molecular weight excluding hydrogens is 286 g/mol. The van der Waals surface area contributed by atoms with Crippen LogP contribution >= 0.6 is 11.3 Å². The van der Waals surface area contributed by atoms with Gasteiger partial charge in [0.2, 0.25) is 10.0 Å². The van der Waals surface area contributed by atoms with Crippen molar-refractivity contribution in [2.24, 2.45) is 0 Å². The van der Waals surface area contributed by atoms with Gasteiger partial charge in [0.05, 0.1) is 6.54 Å². The van der Waals surface area contributed by atoms with Crippen LogP contribution < -0.4 is 10.5 Å². The van der Waals surface area contributed by atoms with Crippen LogP contribution in [0.5, 0.6) is 0 Å². The number of hydrogen-bond acceptors (Lipinski definition) is 6. The smallest absolute Gasteiger partial charge is 0.246 e. The summed E-state index contributed by atoms with van der Waals surface area (Å²) in [5, 5.41) is 6.46. The second kappa shape index (κ2) is 5.68. The van der Waals surface area contributed by atoms with E-state index < -0.39 is 10.0 Å². The number of nitrogens with two attached hydrogens (primary N) is 1. The summed E-state index contributed by atoms with van der Waals surface area (Å²) in [5.41, 5.74) is 5.64. The van der Waals surface area contributed by atoms with E-state index in [1.165, 1.54) is 22.2 Å². The van der Waals surface area contributed by atoms with Gasteiger partial charge in [-0.2, -0.15) is 5.10 Å². The molecule has 2 rings (SSSR count). The van der Waals surface area contributed by atoms with Gasteiger partial charge < -0.3 is 5.73 Å². The SMILES string of the molecule is CCCn1cc(S(=O)(=O)NCc2nccs2)c(N)n1. The Bertz CT molecular complexity index is 633. The first kappa shape index (κ1) is 14.0. The van der Waals surface area contributed by atoms with Crippen molar-refractivity contribution in [2.75, 3.05) is 5.73 Å². The zero-order chi connectivity index (χ0) is 13.9. The third-order valence-electron chi connectivity index (χ3n) is 2.39. The number of sulfonamides is 1. The van der Waals surface area contributed by atoms with Gasteiger partial charge in [0.15, 0.2) is 5.82 Å². The fourth-order valence-corrected chi connectivity index (χ4v) is 3.25. The highest BCUT2D eigenvalue weighted by Gasteiger charge is 2.21. The molecule has 0 aliphatic heterocycles. The number of nitrogens with zero attached hydrogens (tertiary/aromatic N) is 3. The van der Waals surface area contributed by atoms with Crippen LogP contribution in [0.15, 0.2) is 22.7 Å². The first-order valence-electron chi connectivity index (χ1n) is 5.74. The lowest BCUT2D eigenvalue weighted by Crippen LogP contribution is -2.23. The maximum Gasteiger partial charge on any atom is 0.246 e. The second-order valence-electron chi connectivity index (χ2n) is 3.89. The van der Waals surface area contributed by atoms with Crippen molar-refractivity contribution in [3.8, 4) is 0 Å². The van der Waals surface area contributed by atoms with E-state index in [0.29, 0.717) is 11.6 Å². The van der Waals surface area contributed by atoms with Gasteiger partial charge >= 0.3 is 0 Å². The molecule has 0 saturated heterocycles. The Labute approximate surface area is 115 Å².